The number of aliphatic hydroxyl groups is 1. The predicted molar refractivity (Wildman–Crippen MR) is 57.7 cm³/mol. The fraction of sp³-hybridized carbons (Fsp3) is 0.909. The molecule has 14 heavy (non-hydrogen) atoms. The van der Waals surface area contributed by atoms with E-state index in [0.717, 1.165) is 25.7 Å². The molecular formula is C11H23NO2. The first kappa shape index (κ1) is 13.4. The van der Waals surface area contributed by atoms with Gasteiger partial charge in [0.05, 0.1) is 0 Å². The number of hydrogen-bond acceptors (Lipinski definition) is 2. The minimum Gasteiger partial charge on any atom is -0.396 e. The van der Waals surface area contributed by atoms with Crippen molar-refractivity contribution in [1.29, 1.82) is 0 Å². The molecule has 0 bridgehead atoms. The summed E-state index contributed by atoms with van der Waals surface area (Å²) in [6.07, 6.45) is 4.61. The Hall–Kier alpha value is -0.570. The van der Waals surface area contributed by atoms with Gasteiger partial charge in [-0.3, -0.25) is 4.79 Å². The van der Waals surface area contributed by atoms with E-state index in [0.29, 0.717) is 18.3 Å². The van der Waals surface area contributed by atoms with Crippen molar-refractivity contribution < 1.29 is 9.90 Å². The van der Waals surface area contributed by atoms with Crippen LogP contribution in [0.1, 0.15) is 46.0 Å². The zero-order chi connectivity index (χ0) is 11.0. The summed E-state index contributed by atoms with van der Waals surface area (Å²) < 4.78 is 0. The second-order valence-electron chi connectivity index (χ2n) is 4.32. The number of carbonyl (C=O) groups is 1. The molecule has 2 atom stereocenters. The van der Waals surface area contributed by atoms with E-state index in [9.17, 15) is 4.79 Å². The van der Waals surface area contributed by atoms with Crippen LogP contribution in [0, 0.1) is 11.8 Å². The van der Waals surface area contributed by atoms with E-state index in [4.69, 9.17) is 10.8 Å². The van der Waals surface area contributed by atoms with Crippen LogP contribution in [0.15, 0.2) is 0 Å². The number of hydrogen-bond donors (Lipinski definition) is 2. The van der Waals surface area contributed by atoms with Crippen LogP contribution in [0.2, 0.25) is 0 Å². The summed E-state index contributed by atoms with van der Waals surface area (Å²) in [5.74, 6) is 0.821. The standard InChI is InChI=1S/C11H23NO2/c1-9(4-3-7-13)5-6-10(2)8-11(12)14/h9-10,13H,3-8H2,1-2H3,(H2,12,14). The first-order valence-electron chi connectivity index (χ1n) is 5.45. The van der Waals surface area contributed by atoms with Gasteiger partial charge in [-0.15, -0.1) is 0 Å². The van der Waals surface area contributed by atoms with Gasteiger partial charge in [0.2, 0.25) is 5.91 Å². The third-order valence-electron chi connectivity index (χ3n) is 2.56. The van der Waals surface area contributed by atoms with E-state index < -0.39 is 0 Å². The number of nitrogens with two attached hydrogens (primary N) is 1. The van der Waals surface area contributed by atoms with Crippen molar-refractivity contribution in [2.24, 2.45) is 17.6 Å². The molecule has 0 saturated carbocycles. The van der Waals surface area contributed by atoms with Gasteiger partial charge in [0.1, 0.15) is 0 Å². The Labute approximate surface area is 86.7 Å². The van der Waals surface area contributed by atoms with Crippen LogP contribution in [0.4, 0.5) is 0 Å². The minimum absolute atomic E-state index is 0.208. The maximum atomic E-state index is 10.6. The second-order valence-corrected chi connectivity index (χ2v) is 4.32. The van der Waals surface area contributed by atoms with E-state index >= 15 is 0 Å². The van der Waals surface area contributed by atoms with Gasteiger partial charge in [-0.05, 0) is 31.1 Å². The SMILES string of the molecule is CC(CCCO)CCC(C)CC(N)=O. The molecule has 1 amide bonds. The Bertz CT molecular complexity index is 159. The lowest BCUT2D eigenvalue weighted by Gasteiger charge is -2.13. The maximum absolute atomic E-state index is 10.6. The van der Waals surface area contributed by atoms with Gasteiger partial charge in [0.15, 0.2) is 0 Å². The molecule has 3 heteroatoms. The molecule has 2 unspecified atom stereocenters. The van der Waals surface area contributed by atoms with E-state index in [2.05, 4.69) is 13.8 Å². The van der Waals surface area contributed by atoms with Crippen LogP contribution >= 0.6 is 0 Å². The average molecular weight is 201 g/mol. The van der Waals surface area contributed by atoms with E-state index in [-0.39, 0.29) is 12.5 Å². The molecule has 0 rings (SSSR count). The molecule has 0 aliphatic rings. The zero-order valence-electron chi connectivity index (χ0n) is 9.33. The summed E-state index contributed by atoms with van der Waals surface area (Å²) >= 11 is 0. The van der Waals surface area contributed by atoms with E-state index in [1.165, 1.54) is 0 Å². The highest BCUT2D eigenvalue weighted by Gasteiger charge is 2.08. The molecule has 0 aromatic heterocycles. The molecule has 0 radical (unpaired) electrons. The van der Waals surface area contributed by atoms with Crippen molar-refractivity contribution in [3.8, 4) is 0 Å². The first-order chi connectivity index (χ1) is 6.56. The Kier molecular flexibility index (Phi) is 7.48. The number of carbonyl (C=O) groups excluding carboxylic acids is 1. The van der Waals surface area contributed by atoms with Crippen LogP contribution in [-0.2, 0) is 4.79 Å². The zero-order valence-corrected chi connectivity index (χ0v) is 9.33. The lowest BCUT2D eigenvalue weighted by atomic mass is 9.93. The van der Waals surface area contributed by atoms with E-state index in [1.807, 2.05) is 0 Å². The summed E-state index contributed by atoms with van der Waals surface area (Å²) in [7, 11) is 0. The minimum atomic E-state index is -0.208. The molecule has 0 aliphatic heterocycles. The van der Waals surface area contributed by atoms with Crippen molar-refractivity contribution in [2.45, 2.75) is 46.0 Å². The molecule has 0 aromatic carbocycles. The van der Waals surface area contributed by atoms with Gasteiger partial charge < -0.3 is 10.8 Å². The monoisotopic (exact) mass is 201 g/mol. The quantitative estimate of drug-likeness (QED) is 0.627. The Morgan fingerprint density at radius 2 is 1.79 bits per heavy atom. The van der Waals surface area contributed by atoms with Crippen LogP contribution in [0.5, 0.6) is 0 Å². The van der Waals surface area contributed by atoms with Crippen LogP contribution < -0.4 is 5.73 Å². The molecule has 0 heterocycles. The summed E-state index contributed by atoms with van der Waals surface area (Å²) in [6, 6.07) is 0. The normalized spacial score (nSPS) is 15.1. The molecule has 3 nitrogen and oxygen atoms in total. The van der Waals surface area contributed by atoms with Gasteiger partial charge in [-0.1, -0.05) is 20.3 Å². The third kappa shape index (κ3) is 8.05. The summed E-state index contributed by atoms with van der Waals surface area (Å²) in [4.78, 5) is 10.6. The van der Waals surface area contributed by atoms with Crippen molar-refractivity contribution in [3.05, 3.63) is 0 Å². The lowest BCUT2D eigenvalue weighted by molar-refractivity contribution is -0.118. The summed E-state index contributed by atoms with van der Waals surface area (Å²) in [5.41, 5.74) is 5.11. The number of amides is 1. The summed E-state index contributed by atoms with van der Waals surface area (Å²) in [6.45, 7) is 4.53. The largest absolute Gasteiger partial charge is 0.396 e. The average Bonchev–Trinajstić information content (AvgIpc) is 2.10. The van der Waals surface area contributed by atoms with Gasteiger partial charge >= 0.3 is 0 Å². The maximum Gasteiger partial charge on any atom is 0.217 e. The smallest absolute Gasteiger partial charge is 0.217 e. The van der Waals surface area contributed by atoms with Crippen molar-refractivity contribution >= 4 is 5.91 Å². The van der Waals surface area contributed by atoms with Crippen LogP contribution in [-0.4, -0.2) is 17.6 Å². The topological polar surface area (TPSA) is 63.3 Å². The fourth-order valence-corrected chi connectivity index (χ4v) is 1.60. The molecule has 0 saturated heterocycles. The first-order valence-corrected chi connectivity index (χ1v) is 5.45. The van der Waals surface area contributed by atoms with Crippen LogP contribution in [0.25, 0.3) is 0 Å². The number of rotatable bonds is 8. The van der Waals surface area contributed by atoms with Gasteiger partial charge in [0.25, 0.3) is 0 Å². The molecule has 0 fully saturated rings. The Morgan fingerprint density at radius 1 is 1.21 bits per heavy atom. The predicted octanol–water partition coefficient (Wildman–Crippen LogP) is 1.69. The Balaban J connectivity index is 3.45. The van der Waals surface area contributed by atoms with Crippen molar-refractivity contribution in [2.75, 3.05) is 6.61 Å². The van der Waals surface area contributed by atoms with Crippen LogP contribution in [0.3, 0.4) is 0 Å². The molecule has 84 valence electrons. The molecule has 0 aromatic rings. The van der Waals surface area contributed by atoms with Crippen molar-refractivity contribution in [1.82, 2.24) is 0 Å². The Morgan fingerprint density at radius 3 is 2.29 bits per heavy atom. The third-order valence-corrected chi connectivity index (χ3v) is 2.56. The summed E-state index contributed by atoms with van der Waals surface area (Å²) in [5, 5.41) is 8.65. The second kappa shape index (κ2) is 7.80. The molecule has 0 aliphatic carbocycles. The van der Waals surface area contributed by atoms with Gasteiger partial charge in [0, 0.05) is 13.0 Å². The molecule has 0 spiro atoms. The van der Waals surface area contributed by atoms with Crippen molar-refractivity contribution in [3.63, 3.8) is 0 Å². The van der Waals surface area contributed by atoms with E-state index in [1.54, 1.807) is 0 Å². The van der Waals surface area contributed by atoms with Gasteiger partial charge in [-0.2, -0.15) is 0 Å². The number of primary amides is 1. The lowest BCUT2D eigenvalue weighted by Crippen LogP contribution is -2.15. The van der Waals surface area contributed by atoms with Gasteiger partial charge in [-0.25, -0.2) is 0 Å². The molecular weight excluding hydrogens is 178 g/mol. The highest BCUT2D eigenvalue weighted by atomic mass is 16.2. The number of aliphatic hydroxyl groups excluding tert-OH is 1. The molecule has 3 N–H and O–H groups in total. The highest BCUT2D eigenvalue weighted by Crippen LogP contribution is 2.18. The fourth-order valence-electron chi connectivity index (χ4n) is 1.60. The highest BCUT2D eigenvalue weighted by molar-refractivity contribution is 5.73.